The number of hydrogen-bond acceptors (Lipinski definition) is 3. The molecule has 1 amide bonds. The summed E-state index contributed by atoms with van der Waals surface area (Å²) >= 11 is 0. The highest BCUT2D eigenvalue weighted by Crippen LogP contribution is 2.45. The standard InChI is InChI=1S/C24H28F3NO3/c1-5-28-20-12-17(15(2)10-19(20)23(3,4)13-22(28)30)18-11-16(8-9-29)6-7-21(18)31-14-24(25,26)27/h6-7,10-12,29H,5,8-9,13-14H2,1-4H3. The third kappa shape index (κ3) is 4.87. The molecule has 0 aromatic heterocycles. The van der Waals surface area contributed by atoms with Gasteiger partial charge in [0.05, 0.1) is 0 Å². The van der Waals surface area contributed by atoms with Gasteiger partial charge in [0.25, 0.3) is 0 Å². The first kappa shape index (κ1) is 23.1. The molecule has 0 saturated carbocycles. The van der Waals surface area contributed by atoms with E-state index in [2.05, 4.69) is 0 Å². The van der Waals surface area contributed by atoms with Gasteiger partial charge in [0, 0.05) is 36.2 Å². The molecule has 0 atom stereocenters. The van der Waals surface area contributed by atoms with Crippen molar-refractivity contribution in [2.45, 2.75) is 52.1 Å². The number of halogens is 3. The molecular formula is C24H28F3NO3. The van der Waals surface area contributed by atoms with Gasteiger partial charge in [0.2, 0.25) is 5.91 Å². The third-order valence-electron chi connectivity index (χ3n) is 5.70. The van der Waals surface area contributed by atoms with Crippen molar-refractivity contribution in [3.8, 4) is 16.9 Å². The largest absolute Gasteiger partial charge is 0.483 e. The molecule has 168 valence electrons. The number of hydrogen-bond donors (Lipinski definition) is 1. The van der Waals surface area contributed by atoms with E-state index in [4.69, 9.17) is 4.74 Å². The molecule has 0 spiro atoms. The molecule has 1 aliphatic rings. The summed E-state index contributed by atoms with van der Waals surface area (Å²) in [4.78, 5) is 14.4. The van der Waals surface area contributed by atoms with Crippen molar-refractivity contribution in [2.24, 2.45) is 0 Å². The summed E-state index contributed by atoms with van der Waals surface area (Å²) in [6.45, 7) is 6.90. The molecule has 0 radical (unpaired) electrons. The van der Waals surface area contributed by atoms with Crippen LogP contribution < -0.4 is 9.64 Å². The summed E-state index contributed by atoms with van der Waals surface area (Å²) in [7, 11) is 0. The Balaban J connectivity index is 2.18. The maximum absolute atomic E-state index is 12.8. The van der Waals surface area contributed by atoms with Gasteiger partial charge in [-0.15, -0.1) is 0 Å². The minimum absolute atomic E-state index is 0.0254. The highest BCUT2D eigenvalue weighted by molar-refractivity contribution is 5.99. The van der Waals surface area contributed by atoms with Gasteiger partial charge in [0.1, 0.15) is 5.75 Å². The SMILES string of the molecule is CCN1C(=O)CC(C)(C)c2cc(C)c(-c3cc(CCO)ccc3OCC(F)(F)F)cc21. The van der Waals surface area contributed by atoms with Crippen molar-refractivity contribution in [3.05, 3.63) is 47.0 Å². The molecule has 0 fully saturated rings. The maximum atomic E-state index is 12.8. The number of aryl methyl sites for hydroxylation is 1. The summed E-state index contributed by atoms with van der Waals surface area (Å²) in [6, 6.07) is 8.82. The molecule has 4 nitrogen and oxygen atoms in total. The van der Waals surface area contributed by atoms with Crippen molar-refractivity contribution in [2.75, 3.05) is 24.7 Å². The van der Waals surface area contributed by atoms with E-state index in [1.54, 1.807) is 17.0 Å². The second-order valence-corrected chi connectivity index (χ2v) is 8.59. The first-order chi connectivity index (χ1) is 14.5. The number of aliphatic hydroxyl groups excluding tert-OH is 1. The van der Waals surface area contributed by atoms with E-state index in [-0.39, 0.29) is 23.7 Å². The van der Waals surface area contributed by atoms with Crippen LogP contribution >= 0.6 is 0 Å². The van der Waals surface area contributed by atoms with Crippen LogP contribution in [0.1, 0.15) is 43.9 Å². The van der Waals surface area contributed by atoms with Crippen molar-refractivity contribution in [1.29, 1.82) is 0 Å². The normalized spacial score (nSPS) is 15.7. The van der Waals surface area contributed by atoms with E-state index in [1.807, 2.05) is 39.8 Å². The van der Waals surface area contributed by atoms with Crippen LogP contribution in [-0.2, 0) is 16.6 Å². The van der Waals surface area contributed by atoms with Gasteiger partial charge in [-0.25, -0.2) is 0 Å². The number of anilines is 1. The van der Waals surface area contributed by atoms with Crippen LogP contribution in [0.5, 0.6) is 5.75 Å². The van der Waals surface area contributed by atoms with E-state index in [0.717, 1.165) is 22.4 Å². The van der Waals surface area contributed by atoms with Gasteiger partial charge in [-0.3, -0.25) is 4.79 Å². The van der Waals surface area contributed by atoms with Crippen molar-refractivity contribution in [3.63, 3.8) is 0 Å². The van der Waals surface area contributed by atoms with E-state index < -0.39 is 12.8 Å². The average molecular weight is 435 g/mol. The molecule has 31 heavy (non-hydrogen) atoms. The lowest BCUT2D eigenvalue weighted by molar-refractivity contribution is -0.153. The second kappa shape index (κ2) is 8.54. The van der Waals surface area contributed by atoms with Crippen LogP contribution in [0.3, 0.4) is 0 Å². The summed E-state index contributed by atoms with van der Waals surface area (Å²) in [5.74, 6) is 0.142. The lowest BCUT2D eigenvalue weighted by atomic mass is 9.75. The molecule has 0 unspecified atom stereocenters. The molecule has 2 aromatic rings. The first-order valence-corrected chi connectivity index (χ1v) is 10.4. The number of fused-ring (bicyclic) bond motifs is 1. The molecule has 2 aromatic carbocycles. The summed E-state index contributed by atoms with van der Waals surface area (Å²) in [5, 5.41) is 9.30. The Bertz CT molecular complexity index is 983. The smallest absolute Gasteiger partial charge is 0.422 e. The highest BCUT2D eigenvalue weighted by Gasteiger charge is 2.37. The second-order valence-electron chi connectivity index (χ2n) is 8.59. The minimum Gasteiger partial charge on any atom is -0.483 e. The Hall–Kier alpha value is -2.54. The maximum Gasteiger partial charge on any atom is 0.422 e. The van der Waals surface area contributed by atoms with E-state index in [1.165, 1.54) is 6.07 Å². The van der Waals surface area contributed by atoms with E-state index in [0.29, 0.717) is 30.5 Å². The summed E-state index contributed by atoms with van der Waals surface area (Å²) in [6.07, 6.45) is -3.68. The Morgan fingerprint density at radius 3 is 2.48 bits per heavy atom. The van der Waals surface area contributed by atoms with Crippen LogP contribution in [0.25, 0.3) is 11.1 Å². The molecule has 1 heterocycles. The monoisotopic (exact) mass is 435 g/mol. The van der Waals surface area contributed by atoms with E-state index >= 15 is 0 Å². The lowest BCUT2D eigenvalue weighted by Gasteiger charge is -2.39. The minimum atomic E-state index is -4.46. The van der Waals surface area contributed by atoms with Crippen molar-refractivity contribution < 1.29 is 27.8 Å². The molecule has 3 rings (SSSR count). The van der Waals surface area contributed by atoms with Crippen LogP contribution in [0.2, 0.25) is 0 Å². The number of alkyl halides is 3. The van der Waals surface area contributed by atoms with Crippen LogP contribution in [0.15, 0.2) is 30.3 Å². The fourth-order valence-electron chi connectivity index (χ4n) is 4.16. The fourth-order valence-corrected chi connectivity index (χ4v) is 4.16. The Labute approximate surface area is 180 Å². The molecule has 0 aliphatic carbocycles. The number of rotatable bonds is 6. The predicted molar refractivity (Wildman–Crippen MR) is 115 cm³/mol. The summed E-state index contributed by atoms with van der Waals surface area (Å²) < 4.78 is 43.5. The first-order valence-electron chi connectivity index (χ1n) is 10.4. The average Bonchev–Trinajstić information content (AvgIpc) is 2.66. The summed E-state index contributed by atoms with van der Waals surface area (Å²) in [5.41, 5.74) is 4.38. The van der Waals surface area contributed by atoms with Crippen molar-refractivity contribution in [1.82, 2.24) is 0 Å². The van der Waals surface area contributed by atoms with Gasteiger partial charge in [-0.1, -0.05) is 26.0 Å². The van der Waals surface area contributed by atoms with Gasteiger partial charge in [-0.2, -0.15) is 13.2 Å². The van der Waals surface area contributed by atoms with Gasteiger partial charge < -0.3 is 14.7 Å². The highest BCUT2D eigenvalue weighted by atomic mass is 19.4. The van der Waals surface area contributed by atoms with Crippen LogP contribution in [0, 0.1) is 6.92 Å². The van der Waals surface area contributed by atoms with Crippen LogP contribution in [-0.4, -0.2) is 36.9 Å². The number of ether oxygens (including phenoxy) is 1. The number of nitrogens with zero attached hydrogens (tertiary/aromatic N) is 1. The zero-order valence-electron chi connectivity index (χ0n) is 18.3. The Morgan fingerprint density at radius 2 is 1.87 bits per heavy atom. The quantitative estimate of drug-likeness (QED) is 0.681. The topological polar surface area (TPSA) is 49.8 Å². The fraction of sp³-hybridized carbons (Fsp3) is 0.458. The molecule has 7 heteroatoms. The zero-order valence-corrected chi connectivity index (χ0v) is 18.3. The van der Waals surface area contributed by atoms with Crippen LogP contribution in [0.4, 0.5) is 18.9 Å². The lowest BCUT2D eigenvalue weighted by Crippen LogP contribution is -2.41. The molecule has 0 bridgehead atoms. The Kier molecular flexibility index (Phi) is 6.37. The number of aliphatic hydroxyl groups is 1. The van der Waals surface area contributed by atoms with Gasteiger partial charge in [-0.05, 0) is 60.7 Å². The Morgan fingerprint density at radius 1 is 1.16 bits per heavy atom. The number of carbonyl (C=O) groups excluding carboxylic acids is 1. The third-order valence-corrected chi connectivity index (χ3v) is 5.70. The number of carbonyl (C=O) groups is 1. The molecule has 1 N–H and O–H groups in total. The number of amides is 1. The molecule has 0 saturated heterocycles. The number of benzene rings is 2. The predicted octanol–water partition coefficient (Wildman–Crippen LogP) is 5.17. The zero-order chi connectivity index (χ0) is 23.0. The van der Waals surface area contributed by atoms with E-state index in [9.17, 15) is 23.1 Å². The van der Waals surface area contributed by atoms with Gasteiger partial charge >= 0.3 is 6.18 Å². The van der Waals surface area contributed by atoms with Gasteiger partial charge in [0.15, 0.2) is 6.61 Å². The molecule has 1 aliphatic heterocycles. The van der Waals surface area contributed by atoms with Crippen molar-refractivity contribution >= 4 is 11.6 Å². The molecular weight excluding hydrogens is 407 g/mol.